The van der Waals surface area contributed by atoms with Crippen molar-refractivity contribution in [3.8, 4) is 0 Å². The van der Waals surface area contributed by atoms with E-state index >= 15 is 0 Å². The van der Waals surface area contributed by atoms with Gasteiger partial charge in [-0.25, -0.2) is 0 Å². The van der Waals surface area contributed by atoms with Crippen molar-refractivity contribution in [2.45, 2.75) is 39.9 Å². The highest BCUT2D eigenvalue weighted by atomic mass is 19.4. The van der Waals surface area contributed by atoms with Crippen molar-refractivity contribution in [2.24, 2.45) is 5.92 Å². The molecule has 1 aromatic heterocycles. The predicted octanol–water partition coefficient (Wildman–Crippen LogP) is 2.66. The van der Waals surface area contributed by atoms with Crippen LogP contribution >= 0.6 is 0 Å². The van der Waals surface area contributed by atoms with Crippen LogP contribution in [0.25, 0.3) is 0 Å². The van der Waals surface area contributed by atoms with Crippen molar-refractivity contribution in [1.82, 2.24) is 9.78 Å². The van der Waals surface area contributed by atoms with Gasteiger partial charge in [0.2, 0.25) is 0 Å². The molecule has 0 N–H and O–H groups in total. The lowest BCUT2D eigenvalue weighted by Crippen LogP contribution is -2.22. The number of esters is 1. The average molecular weight is 278 g/mol. The monoisotopic (exact) mass is 278 g/mol. The first-order chi connectivity index (χ1) is 8.79. The predicted molar refractivity (Wildman–Crippen MR) is 62.4 cm³/mol. The second kappa shape index (κ2) is 6.08. The summed E-state index contributed by atoms with van der Waals surface area (Å²) >= 11 is 0. The van der Waals surface area contributed by atoms with Crippen LogP contribution in [0.4, 0.5) is 13.2 Å². The Kier molecular flexibility index (Phi) is 4.97. The van der Waals surface area contributed by atoms with E-state index in [0.717, 1.165) is 6.07 Å². The maximum Gasteiger partial charge on any atom is 0.435 e. The van der Waals surface area contributed by atoms with E-state index in [1.165, 1.54) is 4.68 Å². The Labute approximate surface area is 109 Å². The fraction of sp³-hybridized carbons (Fsp3) is 0.667. The molecular weight excluding hydrogens is 261 g/mol. The third kappa shape index (κ3) is 3.97. The fourth-order valence-corrected chi connectivity index (χ4v) is 1.66. The van der Waals surface area contributed by atoms with Gasteiger partial charge in [-0.15, -0.1) is 0 Å². The van der Waals surface area contributed by atoms with Crippen LogP contribution in [0.2, 0.25) is 0 Å². The van der Waals surface area contributed by atoms with Crippen LogP contribution in [0, 0.1) is 5.92 Å². The summed E-state index contributed by atoms with van der Waals surface area (Å²) in [5.74, 6) is -0.972. The van der Waals surface area contributed by atoms with E-state index in [2.05, 4.69) is 5.10 Å². The first-order valence-electron chi connectivity index (χ1n) is 6.10. The van der Waals surface area contributed by atoms with Gasteiger partial charge in [0.15, 0.2) is 5.69 Å². The highest BCUT2D eigenvalue weighted by Crippen LogP contribution is 2.28. The highest BCUT2D eigenvalue weighted by Gasteiger charge is 2.35. The van der Waals surface area contributed by atoms with Crippen LogP contribution < -0.4 is 0 Å². The summed E-state index contributed by atoms with van der Waals surface area (Å²) < 4.78 is 43.7. The van der Waals surface area contributed by atoms with Gasteiger partial charge in [0.1, 0.15) is 0 Å². The number of aryl methyl sites for hydroxylation is 1. The Balaban J connectivity index is 2.88. The van der Waals surface area contributed by atoms with Gasteiger partial charge in [0.25, 0.3) is 0 Å². The first kappa shape index (κ1) is 15.5. The summed E-state index contributed by atoms with van der Waals surface area (Å²) in [6.07, 6.45) is -4.05. The maximum absolute atomic E-state index is 12.6. The van der Waals surface area contributed by atoms with Crippen LogP contribution in [-0.2, 0) is 28.7 Å². The summed E-state index contributed by atoms with van der Waals surface area (Å²) in [4.78, 5) is 11.5. The number of hydrogen-bond donors (Lipinski definition) is 0. The van der Waals surface area contributed by atoms with Gasteiger partial charge in [-0.3, -0.25) is 9.48 Å². The molecule has 0 saturated carbocycles. The normalized spacial score (nSPS) is 13.4. The molecule has 0 amide bonds. The highest BCUT2D eigenvalue weighted by molar-refractivity contribution is 5.71. The summed E-state index contributed by atoms with van der Waals surface area (Å²) in [6.45, 7) is 5.35. The molecule has 7 heteroatoms. The minimum Gasteiger partial charge on any atom is -0.466 e. The summed E-state index contributed by atoms with van der Waals surface area (Å²) in [7, 11) is 0. The zero-order valence-electron chi connectivity index (χ0n) is 11.1. The number of aromatic nitrogens is 2. The van der Waals surface area contributed by atoms with Gasteiger partial charge in [0.05, 0.1) is 19.1 Å². The minimum atomic E-state index is -4.47. The van der Waals surface area contributed by atoms with E-state index in [0.29, 0.717) is 12.1 Å². The van der Waals surface area contributed by atoms with Gasteiger partial charge in [-0.05, 0) is 19.4 Å². The fourth-order valence-electron chi connectivity index (χ4n) is 1.66. The first-order valence-corrected chi connectivity index (χ1v) is 6.10. The smallest absolute Gasteiger partial charge is 0.435 e. The van der Waals surface area contributed by atoms with Crippen LogP contribution in [0.15, 0.2) is 6.07 Å². The third-order valence-corrected chi connectivity index (χ3v) is 2.65. The zero-order valence-corrected chi connectivity index (χ0v) is 11.1. The molecule has 0 spiro atoms. The maximum atomic E-state index is 12.6. The van der Waals surface area contributed by atoms with Crippen molar-refractivity contribution >= 4 is 5.97 Å². The summed E-state index contributed by atoms with van der Waals surface area (Å²) in [5, 5.41) is 3.52. The molecule has 0 aliphatic heterocycles. The molecule has 0 unspecified atom stereocenters. The Morgan fingerprint density at radius 1 is 1.47 bits per heavy atom. The second-order valence-corrected chi connectivity index (χ2v) is 4.21. The van der Waals surface area contributed by atoms with E-state index in [9.17, 15) is 18.0 Å². The van der Waals surface area contributed by atoms with Crippen molar-refractivity contribution in [3.05, 3.63) is 17.5 Å². The van der Waals surface area contributed by atoms with Gasteiger partial charge in [-0.1, -0.05) is 13.8 Å². The molecule has 0 aliphatic rings. The standard InChI is InChI=1S/C12H17F3N2O2/c1-4-9-6-10(12(13,14)15)16-17(9)7-8(3)11(18)19-5-2/h6,8H,4-5,7H2,1-3H3/t8-/m0/s1. The summed E-state index contributed by atoms with van der Waals surface area (Å²) in [5.41, 5.74) is -0.483. The molecule has 0 aromatic carbocycles. The van der Waals surface area contributed by atoms with E-state index in [1.54, 1.807) is 20.8 Å². The molecule has 0 saturated heterocycles. The zero-order chi connectivity index (χ0) is 14.6. The van der Waals surface area contributed by atoms with E-state index in [4.69, 9.17) is 4.74 Å². The quantitative estimate of drug-likeness (QED) is 0.778. The number of ether oxygens (including phenoxy) is 1. The number of carbonyl (C=O) groups excluding carboxylic acids is 1. The third-order valence-electron chi connectivity index (χ3n) is 2.65. The van der Waals surface area contributed by atoms with E-state index in [-0.39, 0.29) is 13.2 Å². The topological polar surface area (TPSA) is 44.1 Å². The molecular formula is C12H17F3N2O2. The number of carbonyl (C=O) groups is 1. The lowest BCUT2D eigenvalue weighted by Gasteiger charge is -2.12. The van der Waals surface area contributed by atoms with Crippen LogP contribution in [0.3, 0.4) is 0 Å². The molecule has 0 bridgehead atoms. The number of hydrogen-bond acceptors (Lipinski definition) is 3. The molecule has 19 heavy (non-hydrogen) atoms. The number of nitrogens with zero attached hydrogens (tertiary/aromatic N) is 2. The molecule has 0 radical (unpaired) electrons. The number of alkyl halides is 3. The Bertz CT molecular complexity index is 441. The average Bonchev–Trinajstić information content (AvgIpc) is 2.72. The lowest BCUT2D eigenvalue weighted by molar-refractivity contribution is -0.147. The largest absolute Gasteiger partial charge is 0.466 e. The number of halogens is 3. The second-order valence-electron chi connectivity index (χ2n) is 4.21. The van der Waals surface area contributed by atoms with Gasteiger partial charge >= 0.3 is 12.1 Å². The van der Waals surface area contributed by atoms with E-state index in [1.807, 2.05) is 0 Å². The van der Waals surface area contributed by atoms with Gasteiger partial charge < -0.3 is 4.74 Å². The molecule has 4 nitrogen and oxygen atoms in total. The lowest BCUT2D eigenvalue weighted by atomic mass is 10.2. The molecule has 1 rings (SSSR count). The molecule has 0 fully saturated rings. The Morgan fingerprint density at radius 3 is 2.58 bits per heavy atom. The Hall–Kier alpha value is -1.53. The van der Waals surface area contributed by atoms with Crippen molar-refractivity contribution in [2.75, 3.05) is 6.61 Å². The van der Waals surface area contributed by atoms with E-state index < -0.39 is 23.8 Å². The van der Waals surface area contributed by atoms with Crippen molar-refractivity contribution in [3.63, 3.8) is 0 Å². The summed E-state index contributed by atoms with van der Waals surface area (Å²) in [6, 6.07) is 1.01. The Morgan fingerprint density at radius 2 is 2.11 bits per heavy atom. The van der Waals surface area contributed by atoms with Crippen LogP contribution in [-0.4, -0.2) is 22.4 Å². The van der Waals surface area contributed by atoms with Gasteiger partial charge in [0, 0.05) is 5.69 Å². The van der Waals surface area contributed by atoms with Crippen molar-refractivity contribution in [1.29, 1.82) is 0 Å². The SMILES string of the molecule is CCOC(=O)[C@@H](C)Cn1nc(C(F)(F)F)cc1CC. The van der Waals surface area contributed by atoms with Gasteiger partial charge in [-0.2, -0.15) is 18.3 Å². The molecule has 0 aliphatic carbocycles. The molecule has 1 aromatic rings. The van der Waals surface area contributed by atoms with Crippen molar-refractivity contribution < 1.29 is 22.7 Å². The molecule has 1 heterocycles. The van der Waals surface area contributed by atoms with Crippen LogP contribution in [0.1, 0.15) is 32.2 Å². The van der Waals surface area contributed by atoms with Crippen LogP contribution in [0.5, 0.6) is 0 Å². The molecule has 108 valence electrons. The molecule has 1 atom stereocenters. The number of rotatable bonds is 5. The minimum absolute atomic E-state index is 0.0814.